The van der Waals surface area contributed by atoms with E-state index in [9.17, 15) is 34.5 Å². The van der Waals surface area contributed by atoms with E-state index < -0.39 is 53.1 Å². The summed E-state index contributed by atoms with van der Waals surface area (Å²) in [7, 11) is 4.06. The minimum atomic E-state index is -1.82. The van der Waals surface area contributed by atoms with Crippen molar-refractivity contribution in [3.05, 3.63) is 57.7 Å². The Balaban J connectivity index is 1.75. The molecular weight excluding hydrogens is 572 g/mol. The third-order valence-corrected chi connectivity index (χ3v) is 8.37. The quantitative estimate of drug-likeness (QED) is 0.295. The van der Waals surface area contributed by atoms with Crippen molar-refractivity contribution in [2.45, 2.75) is 50.7 Å². The van der Waals surface area contributed by atoms with Crippen LogP contribution in [0.5, 0.6) is 28.7 Å². The Bertz CT molecular complexity index is 1880. The molecule has 228 valence electrons. The SMILES string of the molecule is COc1cc(OC)c2c(c1)C(=O)C1=C(C2=O)c2c(OC)cc3cc4c(c(O)c3c2OC(=O)C[C@](C)(O)C1)C(=O)C[C@](C)(O)C4. The second kappa shape index (κ2) is 9.90. The number of hydrogen-bond acceptors (Lipinski definition) is 11. The summed E-state index contributed by atoms with van der Waals surface area (Å²) in [4.78, 5) is 55.1. The monoisotopic (exact) mass is 602 g/mol. The van der Waals surface area contributed by atoms with Crippen LogP contribution in [0, 0.1) is 0 Å². The Morgan fingerprint density at radius 2 is 1.41 bits per heavy atom. The summed E-state index contributed by atoms with van der Waals surface area (Å²) in [5.74, 6) is -3.17. The molecule has 3 aromatic carbocycles. The molecule has 6 rings (SSSR count). The van der Waals surface area contributed by atoms with Crippen LogP contribution < -0.4 is 18.9 Å². The lowest BCUT2D eigenvalue weighted by Gasteiger charge is -2.30. The van der Waals surface area contributed by atoms with E-state index in [0.717, 1.165) is 0 Å². The maximum atomic E-state index is 14.5. The topological polar surface area (TPSA) is 166 Å². The van der Waals surface area contributed by atoms with Gasteiger partial charge in [0.25, 0.3) is 0 Å². The number of phenolic OH excluding ortho intramolecular Hbond substituents is 1. The van der Waals surface area contributed by atoms with Crippen LogP contribution in [0.3, 0.4) is 0 Å². The van der Waals surface area contributed by atoms with E-state index in [1.54, 1.807) is 6.07 Å². The Hall–Kier alpha value is -4.74. The van der Waals surface area contributed by atoms with E-state index in [1.807, 2.05) is 0 Å². The summed E-state index contributed by atoms with van der Waals surface area (Å²) < 4.78 is 22.3. The molecule has 11 nitrogen and oxygen atoms in total. The summed E-state index contributed by atoms with van der Waals surface area (Å²) in [6.45, 7) is 2.87. The molecule has 3 N–H and O–H groups in total. The van der Waals surface area contributed by atoms with Crippen molar-refractivity contribution in [3.63, 3.8) is 0 Å². The fourth-order valence-electron chi connectivity index (χ4n) is 6.56. The van der Waals surface area contributed by atoms with E-state index >= 15 is 0 Å². The van der Waals surface area contributed by atoms with Crippen LogP contribution in [0.2, 0.25) is 0 Å². The molecule has 0 saturated carbocycles. The van der Waals surface area contributed by atoms with Crippen molar-refractivity contribution in [3.8, 4) is 28.7 Å². The Morgan fingerprint density at radius 3 is 2.07 bits per heavy atom. The van der Waals surface area contributed by atoms with Gasteiger partial charge < -0.3 is 34.3 Å². The standard InChI is InChI=1S/C33H30O11/c1-32(39)10-15-6-14-7-20(42-4)27-26-18(28(36)17-8-16(41-3)9-21(43-5)25(17)30(26)38)11-33(2,40)13-22(35)44-31(27)24(14)29(37)23(15)19(34)12-32/h6-9,37,39-40H,10-13H2,1-5H3/t32-,33-/m1/s1. The third kappa shape index (κ3) is 4.42. The number of carbonyl (C=O) groups excluding carboxylic acids is 4. The number of ether oxygens (including phenoxy) is 4. The Morgan fingerprint density at radius 1 is 0.750 bits per heavy atom. The van der Waals surface area contributed by atoms with Gasteiger partial charge in [-0.05, 0) is 43.0 Å². The Labute approximate surface area is 251 Å². The number of hydrogen-bond donors (Lipinski definition) is 3. The molecule has 0 amide bonds. The number of aliphatic hydroxyl groups is 2. The van der Waals surface area contributed by atoms with E-state index in [1.165, 1.54) is 53.4 Å². The second-order valence-corrected chi connectivity index (χ2v) is 12.0. The number of rotatable bonds is 3. The van der Waals surface area contributed by atoms with Gasteiger partial charge in [-0.15, -0.1) is 0 Å². The van der Waals surface area contributed by atoms with Gasteiger partial charge in [-0.2, -0.15) is 0 Å². The van der Waals surface area contributed by atoms with Crippen LogP contribution >= 0.6 is 0 Å². The first-order valence-electron chi connectivity index (χ1n) is 13.9. The van der Waals surface area contributed by atoms with Crippen molar-refractivity contribution in [2.24, 2.45) is 0 Å². The van der Waals surface area contributed by atoms with E-state index in [-0.39, 0.29) is 74.6 Å². The van der Waals surface area contributed by atoms with E-state index in [0.29, 0.717) is 10.9 Å². The molecule has 0 aromatic heterocycles. The summed E-state index contributed by atoms with van der Waals surface area (Å²) in [5, 5.41) is 33.8. The molecule has 44 heavy (non-hydrogen) atoms. The molecule has 1 aliphatic heterocycles. The first kappa shape index (κ1) is 29.3. The zero-order valence-corrected chi connectivity index (χ0v) is 24.7. The summed E-state index contributed by atoms with van der Waals surface area (Å²) in [5.41, 5.74) is -3.31. The summed E-state index contributed by atoms with van der Waals surface area (Å²) in [6, 6.07) is 5.94. The highest BCUT2D eigenvalue weighted by Gasteiger charge is 2.44. The highest BCUT2D eigenvalue weighted by atomic mass is 16.5. The third-order valence-electron chi connectivity index (χ3n) is 8.37. The van der Waals surface area contributed by atoms with Crippen molar-refractivity contribution < 1.29 is 53.4 Å². The molecule has 3 aliphatic rings. The van der Waals surface area contributed by atoms with Gasteiger partial charge in [0, 0.05) is 42.0 Å². The van der Waals surface area contributed by atoms with Crippen molar-refractivity contribution in [1.82, 2.24) is 0 Å². The molecule has 2 atom stereocenters. The lowest BCUT2D eigenvalue weighted by molar-refractivity contribution is -0.139. The van der Waals surface area contributed by atoms with E-state index in [4.69, 9.17) is 18.9 Å². The molecule has 1 heterocycles. The maximum Gasteiger partial charge on any atom is 0.314 e. The molecular formula is C33H30O11. The van der Waals surface area contributed by atoms with Gasteiger partial charge in [-0.3, -0.25) is 19.2 Å². The number of fused-ring (bicyclic) bond motifs is 6. The summed E-state index contributed by atoms with van der Waals surface area (Å²) in [6.07, 6.45) is -1.14. The number of benzene rings is 3. The number of phenols is 1. The van der Waals surface area contributed by atoms with Crippen LogP contribution in [-0.4, -0.2) is 71.2 Å². The molecule has 0 fully saturated rings. The average Bonchev–Trinajstić information content (AvgIpc) is 2.97. The minimum absolute atomic E-state index is 0.0110. The molecule has 2 aliphatic carbocycles. The van der Waals surface area contributed by atoms with Crippen molar-refractivity contribution >= 4 is 39.7 Å². The van der Waals surface area contributed by atoms with Gasteiger partial charge in [0.2, 0.25) is 0 Å². The lowest BCUT2D eigenvalue weighted by atomic mass is 9.75. The number of carbonyl (C=O) groups is 4. The molecule has 11 heteroatoms. The average molecular weight is 603 g/mol. The summed E-state index contributed by atoms with van der Waals surface area (Å²) >= 11 is 0. The van der Waals surface area contributed by atoms with Gasteiger partial charge in [-0.1, -0.05) is 0 Å². The molecule has 0 unspecified atom stereocenters. The minimum Gasteiger partial charge on any atom is -0.506 e. The predicted octanol–water partition coefficient (Wildman–Crippen LogP) is 3.73. The number of aromatic hydroxyl groups is 1. The van der Waals surface area contributed by atoms with Gasteiger partial charge in [0.05, 0.1) is 61.0 Å². The lowest BCUT2D eigenvalue weighted by Crippen LogP contribution is -2.35. The zero-order chi connectivity index (χ0) is 31.9. The number of esters is 1. The van der Waals surface area contributed by atoms with Gasteiger partial charge in [0.15, 0.2) is 23.1 Å². The van der Waals surface area contributed by atoms with Crippen LogP contribution in [-0.2, 0) is 11.2 Å². The van der Waals surface area contributed by atoms with Gasteiger partial charge >= 0.3 is 5.97 Å². The van der Waals surface area contributed by atoms with Gasteiger partial charge in [0.1, 0.15) is 23.0 Å². The van der Waals surface area contributed by atoms with Crippen LogP contribution in [0.25, 0.3) is 16.3 Å². The number of ketones is 3. The smallest absolute Gasteiger partial charge is 0.314 e. The normalized spacial score (nSPS) is 23.1. The molecule has 0 bridgehead atoms. The first-order valence-corrected chi connectivity index (χ1v) is 13.9. The molecule has 0 radical (unpaired) electrons. The molecule has 3 aromatic rings. The largest absolute Gasteiger partial charge is 0.506 e. The maximum absolute atomic E-state index is 14.5. The van der Waals surface area contributed by atoms with Crippen LogP contribution in [0.4, 0.5) is 0 Å². The number of methoxy groups -OCH3 is 3. The fourth-order valence-corrected chi connectivity index (χ4v) is 6.56. The number of Topliss-reactive ketones (excluding diaryl/α,β-unsaturated/α-hetero) is 3. The zero-order valence-electron chi connectivity index (χ0n) is 24.7. The fraction of sp³-hybridized carbons (Fsp3) is 0.333. The molecule has 0 saturated heterocycles. The predicted molar refractivity (Wildman–Crippen MR) is 156 cm³/mol. The highest BCUT2D eigenvalue weighted by molar-refractivity contribution is 6.42. The molecule has 0 spiro atoms. The number of allylic oxidation sites excluding steroid dienone is 1. The van der Waals surface area contributed by atoms with Crippen LogP contribution in [0.1, 0.15) is 75.3 Å². The Kier molecular flexibility index (Phi) is 6.60. The van der Waals surface area contributed by atoms with E-state index in [2.05, 4.69) is 0 Å². The van der Waals surface area contributed by atoms with Crippen LogP contribution in [0.15, 0.2) is 29.8 Å². The van der Waals surface area contributed by atoms with Gasteiger partial charge in [-0.25, -0.2) is 0 Å². The first-order chi connectivity index (χ1) is 20.7. The highest BCUT2D eigenvalue weighted by Crippen LogP contribution is 2.52. The second-order valence-electron chi connectivity index (χ2n) is 12.0. The van der Waals surface area contributed by atoms with Crippen molar-refractivity contribution in [1.29, 1.82) is 0 Å². The van der Waals surface area contributed by atoms with Crippen molar-refractivity contribution in [2.75, 3.05) is 21.3 Å².